The molecule has 2 aliphatic rings. The fourth-order valence-corrected chi connectivity index (χ4v) is 4.09. The SMILES string of the molecule is CN1C(=O)N(CC(=O)c2ccccc2)C(=O)C1(C)CC1CCCCC1. The number of benzene rings is 1. The summed E-state index contributed by atoms with van der Waals surface area (Å²) in [5.41, 5.74) is -0.317. The van der Waals surface area contributed by atoms with E-state index in [1.807, 2.05) is 13.0 Å². The molecule has 1 unspecified atom stereocenters. The second-order valence-corrected chi connectivity index (χ2v) is 7.50. The van der Waals surface area contributed by atoms with E-state index in [9.17, 15) is 14.4 Å². The molecule has 0 bridgehead atoms. The minimum Gasteiger partial charge on any atom is -0.313 e. The van der Waals surface area contributed by atoms with Crippen molar-refractivity contribution in [2.45, 2.75) is 51.0 Å². The first-order chi connectivity index (χ1) is 11.9. The van der Waals surface area contributed by atoms with Gasteiger partial charge in [0.1, 0.15) is 5.54 Å². The van der Waals surface area contributed by atoms with Crippen LogP contribution in [0.4, 0.5) is 4.79 Å². The average Bonchev–Trinajstić information content (AvgIpc) is 2.79. The molecule has 1 aliphatic carbocycles. The van der Waals surface area contributed by atoms with Crippen molar-refractivity contribution in [2.24, 2.45) is 5.92 Å². The van der Waals surface area contributed by atoms with Gasteiger partial charge in [-0.05, 0) is 19.3 Å². The van der Waals surface area contributed by atoms with E-state index in [0.29, 0.717) is 17.9 Å². The minimum atomic E-state index is -0.837. The molecule has 0 aromatic heterocycles. The van der Waals surface area contributed by atoms with Crippen molar-refractivity contribution in [3.8, 4) is 0 Å². The highest BCUT2D eigenvalue weighted by Crippen LogP contribution is 2.37. The van der Waals surface area contributed by atoms with Gasteiger partial charge >= 0.3 is 6.03 Å². The number of ketones is 1. The number of urea groups is 1. The Hall–Kier alpha value is -2.17. The third-order valence-corrected chi connectivity index (χ3v) is 5.77. The molecule has 1 aliphatic heterocycles. The van der Waals surface area contributed by atoms with Crippen molar-refractivity contribution >= 4 is 17.7 Å². The van der Waals surface area contributed by atoms with Crippen molar-refractivity contribution in [1.82, 2.24) is 9.80 Å². The van der Waals surface area contributed by atoms with Crippen LogP contribution in [-0.4, -0.2) is 46.7 Å². The van der Waals surface area contributed by atoms with Crippen LogP contribution in [0.25, 0.3) is 0 Å². The summed E-state index contributed by atoms with van der Waals surface area (Å²) in [6.45, 7) is 1.65. The molecule has 0 radical (unpaired) electrons. The highest BCUT2D eigenvalue weighted by atomic mass is 16.2. The van der Waals surface area contributed by atoms with Crippen LogP contribution in [0.3, 0.4) is 0 Å². The maximum atomic E-state index is 13.0. The molecular weight excluding hydrogens is 316 g/mol. The monoisotopic (exact) mass is 342 g/mol. The quantitative estimate of drug-likeness (QED) is 0.608. The van der Waals surface area contributed by atoms with Crippen LogP contribution in [0, 0.1) is 5.92 Å². The van der Waals surface area contributed by atoms with Crippen LogP contribution in [0.2, 0.25) is 0 Å². The Balaban J connectivity index is 1.74. The van der Waals surface area contributed by atoms with Crippen LogP contribution < -0.4 is 0 Å². The Morgan fingerprint density at radius 1 is 1.12 bits per heavy atom. The average molecular weight is 342 g/mol. The van der Waals surface area contributed by atoms with Crippen LogP contribution in [0.1, 0.15) is 55.8 Å². The molecule has 25 heavy (non-hydrogen) atoms. The van der Waals surface area contributed by atoms with Crippen LogP contribution in [0.5, 0.6) is 0 Å². The number of likely N-dealkylation sites (N-methyl/N-ethyl adjacent to an activating group) is 1. The summed E-state index contributed by atoms with van der Waals surface area (Å²) in [4.78, 5) is 40.7. The standard InChI is InChI=1S/C20H26N2O3/c1-20(13-15-9-5-3-6-10-15)18(24)22(19(25)21(20)2)14-17(23)16-11-7-4-8-12-16/h4,7-8,11-12,15H,3,5-6,9-10,13-14H2,1-2H3. The molecule has 1 aromatic rings. The highest BCUT2D eigenvalue weighted by molar-refractivity contribution is 6.10. The number of imide groups is 1. The molecule has 134 valence electrons. The van der Waals surface area contributed by atoms with Gasteiger partial charge in [0.05, 0.1) is 6.54 Å². The van der Waals surface area contributed by atoms with Crippen LogP contribution in [-0.2, 0) is 4.79 Å². The van der Waals surface area contributed by atoms with E-state index < -0.39 is 5.54 Å². The Morgan fingerprint density at radius 3 is 2.40 bits per heavy atom. The van der Waals surface area contributed by atoms with Gasteiger partial charge in [0, 0.05) is 12.6 Å². The molecule has 1 saturated heterocycles. The number of rotatable bonds is 5. The number of hydrogen-bond donors (Lipinski definition) is 0. The van der Waals surface area contributed by atoms with Gasteiger partial charge in [-0.15, -0.1) is 0 Å². The van der Waals surface area contributed by atoms with Gasteiger partial charge in [0.15, 0.2) is 5.78 Å². The number of Topliss-reactive ketones (excluding diaryl/α,β-unsaturated/α-hetero) is 1. The fraction of sp³-hybridized carbons (Fsp3) is 0.550. The second kappa shape index (κ2) is 6.98. The second-order valence-electron chi connectivity index (χ2n) is 7.50. The van der Waals surface area contributed by atoms with Gasteiger partial charge in [-0.25, -0.2) is 4.79 Å². The summed E-state index contributed by atoms with van der Waals surface area (Å²) in [6.07, 6.45) is 6.57. The third kappa shape index (κ3) is 3.32. The lowest BCUT2D eigenvalue weighted by Gasteiger charge is -2.33. The Labute approximate surface area is 149 Å². The molecule has 1 aromatic carbocycles. The van der Waals surface area contributed by atoms with E-state index in [1.54, 1.807) is 31.3 Å². The van der Waals surface area contributed by atoms with Crippen molar-refractivity contribution in [1.29, 1.82) is 0 Å². The summed E-state index contributed by atoms with van der Waals surface area (Å²) >= 11 is 0. The van der Waals surface area contributed by atoms with Gasteiger partial charge in [0.25, 0.3) is 5.91 Å². The molecule has 1 heterocycles. The highest BCUT2D eigenvalue weighted by Gasteiger charge is 2.53. The summed E-state index contributed by atoms with van der Waals surface area (Å²) in [5.74, 6) is 0.0233. The molecule has 1 atom stereocenters. The molecule has 5 nitrogen and oxygen atoms in total. The summed E-state index contributed by atoms with van der Waals surface area (Å²) in [6, 6.07) is 8.43. The van der Waals surface area contributed by atoms with Crippen LogP contribution in [0.15, 0.2) is 30.3 Å². The van der Waals surface area contributed by atoms with Crippen molar-refractivity contribution in [3.63, 3.8) is 0 Å². The number of nitrogens with zero attached hydrogens (tertiary/aromatic N) is 2. The normalized spacial score (nSPS) is 24.9. The van der Waals surface area contributed by atoms with E-state index in [-0.39, 0.29) is 24.3 Å². The lowest BCUT2D eigenvalue weighted by Crippen LogP contribution is -2.46. The zero-order chi connectivity index (χ0) is 18.0. The molecule has 5 heteroatoms. The predicted octanol–water partition coefficient (Wildman–Crippen LogP) is 3.49. The number of amides is 3. The smallest absolute Gasteiger partial charge is 0.313 e. The lowest BCUT2D eigenvalue weighted by molar-refractivity contribution is -0.133. The van der Waals surface area contributed by atoms with Crippen molar-refractivity contribution in [2.75, 3.05) is 13.6 Å². The van der Waals surface area contributed by atoms with Gasteiger partial charge in [-0.3, -0.25) is 14.5 Å². The topological polar surface area (TPSA) is 57.7 Å². The molecule has 0 spiro atoms. The van der Waals surface area contributed by atoms with E-state index >= 15 is 0 Å². The van der Waals surface area contributed by atoms with Gasteiger partial charge < -0.3 is 4.90 Å². The number of hydrogen-bond acceptors (Lipinski definition) is 3. The first kappa shape index (κ1) is 17.6. The Morgan fingerprint density at radius 2 is 1.76 bits per heavy atom. The molecule has 2 fully saturated rings. The molecular formula is C20H26N2O3. The summed E-state index contributed by atoms with van der Waals surface area (Å²) in [7, 11) is 1.68. The maximum Gasteiger partial charge on any atom is 0.327 e. The molecule has 1 saturated carbocycles. The van der Waals surface area contributed by atoms with E-state index in [4.69, 9.17) is 0 Å². The van der Waals surface area contributed by atoms with Crippen molar-refractivity contribution in [3.05, 3.63) is 35.9 Å². The Kier molecular flexibility index (Phi) is 4.93. The molecule has 0 N–H and O–H groups in total. The van der Waals surface area contributed by atoms with Gasteiger partial charge in [-0.1, -0.05) is 62.4 Å². The van der Waals surface area contributed by atoms with Gasteiger partial charge in [-0.2, -0.15) is 0 Å². The fourth-order valence-electron chi connectivity index (χ4n) is 4.09. The predicted molar refractivity (Wildman–Crippen MR) is 95.2 cm³/mol. The first-order valence-electron chi connectivity index (χ1n) is 9.11. The maximum absolute atomic E-state index is 13.0. The zero-order valence-electron chi connectivity index (χ0n) is 15.0. The zero-order valence-corrected chi connectivity index (χ0v) is 15.0. The van der Waals surface area contributed by atoms with Gasteiger partial charge in [0.2, 0.25) is 0 Å². The summed E-state index contributed by atoms with van der Waals surface area (Å²) in [5, 5.41) is 0. The Bertz CT molecular complexity index is 667. The molecule has 3 amide bonds. The van der Waals surface area contributed by atoms with E-state index in [1.165, 1.54) is 24.2 Å². The first-order valence-corrected chi connectivity index (χ1v) is 9.11. The van der Waals surface area contributed by atoms with Crippen molar-refractivity contribution < 1.29 is 14.4 Å². The summed E-state index contributed by atoms with van der Waals surface area (Å²) < 4.78 is 0. The largest absolute Gasteiger partial charge is 0.327 e. The van der Waals surface area contributed by atoms with E-state index in [0.717, 1.165) is 17.7 Å². The lowest BCUT2D eigenvalue weighted by atomic mass is 9.79. The molecule has 3 rings (SSSR count). The number of carbonyl (C=O) groups excluding carboxylic acids is 3. The van der Waals surface area contributed by atoms with E-state index in [2.05, 4.69) is 0 Å². The number of carbonyl (C=O) groups is 3. The third-order valence-electron chi connectivity index (χ3n) is 5.77. The minimum absolute atomic E-state index is 0.188. The van der Waals surface area contributed by atoms with Crippen LogP contribution >= 0.6 is 0 Å².